The van der Waals surface area contributed by atoms with E-state index < -0.39 is 0 Å². The van der Waals surface area contributed by atoms with E-state index in [1.54, 1.807) is 24.3 Å². The van der Waals surface area contributed by atoms with Crippen LogP contribution in [0.4, 0.5) is 11.4 Å². The second-order valence-electron chi connectivity index (χ2n) is 7.88. The lowest BCUT2D eigenvalue weighted by molar-refractivity contribution is -0.130. The molecular weight excluding hydrogens is 410 g/mol. The van der Waals surface area contributed by atoms with Crippen LogP contribution in [0.15, 0.2) is 47.0 Å². The summed E-state index contributed by atoms with van der Waals surface area (Å²) in [7, 11) is 0. The van der Waals surface area contributed by atoms with Crippen molar-refractivity contribution in [1.29, 1.82) is 0 Å². The van der Waals surface area contributed by atoms with Crippen molar-refractivity contribution in [2.75, 3.05) is 10.3 Å². The lowest BCUT2D eigenvalue weighted by atomic mass is 10.1. The second-order valence-corrected chi connectivity index (χ2v) is 7.88. The molecular formula is C23H23N5O4. The van der Waals surface area contributed by atoms with Crippen LogP contribution in [-0.2, 0) is 9.59 Å². The van der Waals surface area contributed by atoms with Gasteiger partial charge in [0.15, 0.2) is 5.82 Å². The topological polar surface area (TPSA) is 117 Å². The Balaban J connectivity index is 1.56. The Kier molecular flexibility index (Phi) is 5.72. The minimum absolute atomic E-state index is 0.116. The Morgan fingerprint density at radius 3 is 2.56 bits per heavy atom. The molecule has 32 heavy (non-hydrogen) atoms. The van der Waals surface area contributed by atoms with Crippen molar-refractivity contribution >= 4 is 29.1 Å². The maximum Gasteiger partial charge on any atom is 0.260 e. The van der Waals surface area contributed by atoms with Gasteiger partial charge in [-0.1, -0.05) is 31.1 Å². The van der Waals surface area contributed by atoms with Crippen molar-refractivity contribution in [3.63, 3.8) is 0 Å². The van der Waals surface area contributed by atoms with Gasteiger partial charge in [0.1, 0.15) is 0 Å². The fraction of sp³-hybridized carbons (Fsp3) is 0.261. The molecule has 9 heteroatoms. The van der Waals surface area contributed by atoms with Crippen molar-refractivity contribution in [2.45, 2.75) is 39.5 Å². The van der Waals surface area contributed by atoms with E-state index in [0.29, 0.717) is 34.2 Å². The molecule has 1 aliphatic rings. The summed E-state index contributed by atoms with van der Waals surface area (Å²) in [6, 6.07) is 12.0. The number of benzene rings is 2. The van der Waals surface area contributed by atoms with E-state index in [2.05, 4.69) is 20.9 Å². The van der Waals surface area contributed by atoms with Gasteiger partial charge in [-0.2, -0.15) is 4.98 Å². The highest BCUT2D eigenvalue weighted by Gasteiger charge is 2.24. The number of nitrogens with zero attached hydrogens (tertiary/aromatic N) is 3. The number of para-hydroxylation sites is 1. The molecule has 0 saturated carbocycles. The Bertz CT molecular complexity index is 1180. The van der Waals surface area contributed by atoms with Crippen LogP contribution >= 0.6 is 0 Å². The molecule has 2 N–H and O–H groups in total. The molecule has 0 atom stereocenters. The van der Waals surface area contributed by atoms with Crippen LogP contribution in [0.5, 0.6) is 0 Å². The molecule has 0 bridgehead atoms. The van der Waals surface area contributed by atoms with Crippen LogP contribution in [0.25, 0.3) is 11.5 Å². The number of hydrazine groups is 1. The fourth-order valence-electron chi connectivity index (χ4n) is 3.32. The average Bonchev–Trinajstić information content (AvgIpc) is 3.27. The Labute approximate surface area is 184 Å². The Hall–Kier alpha value is -4.01. The summed E-state index contributed by atoms with van der Waals surface area (Å²) in [5, 5.41) is 8.14. The molecule has 0 radical (unpaired) electrons. The van der Waals surface area contributed by atoms with Gasteiger partial charge >= 0.3 is 0 Å². The lowest BCUT2D eigenvalue weighted by Crippen LogP contribution is -2.50. The third-order valence-corrected chi connectivity index (χ3v) is 5.14. The molecule has 1 aromatic heterocycles. The van der Waals surface area contributed by atoms with E-state index in [-0.39, 0.29) is 36.5 Å². The number of hydrogen-bond donors (Lipinski definition) is 2. The average molecular weight is 433 g/mol. The third-order valence-electron chi connectivity index (χ3n) is 5.14. The molecule has 0 spiro atoms. The zero-order chi connectivity index (χ0) is 22.8. The van der Waals surface area contributed by atoms with Gasteiger partial charge in [0.2, 0.25) is 11.8 Å². The van der Waals surface area contributed by atoms with Gasteiger partial charge < -0.3 is 9.84 Å². The van der Waals surface area contributed by atoms with Crippen molar-refractivity contribution in [3.8, 4) is 11.5 Å². The molecule has 3 amide bonds. The summed E-state index contributed by atoms with van der Waals surface area (Å²) < 4.78 is 5.41. The molecule has 0 aliphatic carbocycles. The van der Waals surface area contributed by atoms with Gasteiger partial charge in [-0.15, -0.1) is 0 Å². The highest BCUT2D eigenvalue weighted by Crippen LogP contribution is 2.31. The minimum atomic E-state index is -0.329. The van der Waals surface area contributed by atoms with E-state index >= 15 is 0 Å². The van der Waals surface area contributed by atoms with E-state index in [0.717, 1.165) is 5.56 Å². The van der Waals surface area contributed by atoms with Crippen molar-refractivity contribution in [2.24, 2.45) is 0 Å². The highest BCUT2D eigenvalue weighted by atomic mass is 16.5. The zero-order valence-electron chi connectivity index (χ0n) is 18.0. The van der Waals surface area contributed by atoms with Crippen molar-refractivity contribution in [1.82, 2.24) is 15.6 Å². The smallest absolute Gasteiger partial charge is 0.260 e. The summed E-state index contributed by atoms with van der Waals surface area (Å²) in [5.41, 5.74) is 5.48. The number of nitrogens with one attached hydrogen (secondary N) is 2. The predicted molar refractivity (Wildman–Crippen MR) is 118 cm³/mol. The standard InChI is InChI=1S/C23H23N5O4/c1-13(2)21-25-23(32-27-21)17-6-4-5-14(3)20(17)24-22(31)15-7-9-16(10-8-15)28-19(30)12-11-18(29)26-28/h4-10,13H,11-12H2,1-3H3,(H,24,31)(H,26,29). The highest BCUT2D eigenvalue weighted by molar-refractivity contribution is 6.07. The van der Waals surface area contributed by atoms with Gasteiger partial charge in [0.25, 0.3) is 11.8 Å². The lowest BCUT2D eigenvalue weighted by Gasteiger charge is -2.27. The second kappa shape index (κ2) is 8.62. The molecule has 2 heterocycles. The van der Waals surface area contributed by atoms with E-state index in [1.165, 1.54) is 5.01 Å². The summed E-state index contributed by atoms with van der Waals surface area (Å²) in [5.74, 6) is 0.290. The molecule has 1 fully saturated rings. The van der Waals surface area contributed by atoms with Crippen LogP contribution in [-0.4, -0.2) is 27.9 Å². The maximum atomic E-state index is 12.9. The van der Waals surface area contributed by atoms with Gasteiger partial charge in [-0.3, -0.25) is 19.8 Å². The molecule has 4 rings (SSSR count). The number of amides is 3. The number of hydrogen-bond acceptors (Lipinski definition) is 6. The van der Waals surface area contributed by atoms with Gasteiger partial charge in [0, 0.05) is 24.3 Å². The number of rotatable bonds is 5. The quantitative estimate of drug-likeness (QED) is 0.635. The van der Waals surface area contributed by atoms with Gasteiger partial charge in [-0.25, -0.2) is 5.01 Å². The van der Waals surface area contributed by atoms with Crippen LogP contribution in [0, 0.1) is 6.92 Å². The third kappa shape index (κ3) is 4.22. The number of aryl methyl sites for hydroxylation is 1. The monoisotopic (exact) mass is 433 g/mol. The maximum absolute atomic E-state index is 12.9. The first kappa shape index (κ1) is 21.2. The molecule has 3 aromatic rings. The predicted octanol–water partition coefficient (Wildman–Crippen LogP) is 3.58. The van der Waals surface area contributed by atoms with E-state index in [4.69, 9.17) is 4.52 Å². The van der Waals surface area contributed by atoms with Gasteiger partial charge in [-0.05, 0) is 42.8 Å². The number of carbonyl (C=O) groups excluding carboxylic acids is 3. The van der Waals surface area contributed by atoms with E-state index in [1.807, 2.05) is 39.0 Å². The summed E-state index contributed by atoms with van der Waals surface area (Å²) in [4.78, 5) is 41.0. The molecule has 164 valence electrons. The molecule has 9 nitrogen and oxygen atoms in total. The number of carbonyl (C=O) groups is 3. The summed E-state index contributed by atoms with van der Waals surface area (Å²) in [6.07, 6.45) is 0.325. The van der Waals surface area contributed by atoms with Gasteiger partial charge in [0.05, 0.1) is 16.9 Å². The van der Waals surface area contributed by atoms with Crippen LogP contribution in [0.2, 0.25) is 0 Å². The normalized spacial score (nSPS) is 13.9. The Morgan fingerprint density at radius 1 is 1.12 bits per heavy atom. The molecule has 2 aromatic carbocycles. The first-order valence-corrected chi connectivity index (χ1v) is 10.3. The van der Waals surface area contributed by atoms with Crippen LogP contribution < -0.4 is 15.8 Å². The minimum Gasteiger partial charge on any atom is -0.334 e. The number of aromatic nitrogens is 2. The summed E-state index contributed by atoms with van der Waals surface area (Å²) in [6.45, 7) is 5.83. The fourth-order valence-corrected chi connectivity index (χ4v) is 3.32. The SMILES string of the molecule is Cc1cccc(-c2nc(C(C)C)no2)c1NC(=O)c1ccc(N2NC(=O)CCC2=O)cc1. The molecule has 1 saturated heterocycles. The van der Waals surface area contributed by atoms with Crippen molar-refractivity contribution in [3.05, 3.63) is 59.4 Å². The zero-order valence-corrected chi connectivity index (χ0v) is 18.0. The molecule has 1 aliphatic heterocycles. The number of anilines is 2. The Morgan fingerprint density at radius 2 is 1.88 bits per heavy atom. The first-order valence-electron chi connectivity index (χ1n) is 10.3. The van der Waals surface area contributed by atoms with Crippen LogP contribution in [0.1, 0.15) is 54.4 Å². The molecule has 0 unspecified atom stereocenters. The largest absolute Gasteiger partial charge is 0.334 e. The van der Waals surface area contributed by atoms with Crippen molar-refractivity contribution < 1.29 is 18.9 Å². The summed E-state index contributed by atoms with van der Waals surface area (Å²) >= 11 is 0. The van der Waals surface area contributed by atoms with E-state index in [9.17, 15) is 14.4 Å². The first-order chi connectivity index (χ1) is 15.3. The van der Waals surface area contributed by atoms with Crippen LogP contribution in [0.3, 0.4) is 0 Å².